The van der Waals surface area contributed by atoms with Gasteiger partial charge in [0.25, 0.3) is 0 Å². The van der Waals surface area contributed by atoms with E-state index >= 15 is 0 Å². The van der Waals surface area contributed by atoms with Crippen molar-refractivity contribution in [2.24, 2.45) is 5.73 Å². The van der Waals surface area contributed by atoms with Crippen LogP contribution >= 0.6 is 11.6 Å². The lowest BCUT2D eigenvalue weighted by atomic mass is 10.2. The van der Waals surface area contributed by atoms with Crippen molar-refractivity contribution >= 4 is 23.2 Å². The molecule has 0 aromatic carbocycles. The van der Waals surface area contributed by atoms with Crippen LogP contribution in [0.5, 0.6) is 0 Å². The van der Waals surface area contributed by atoms with Gasteiger partial charge in [0, 0.05) is 13.0 Å². The number of nitrogens with two attached hydrogens (primary N) is 1. The van der Waals surface area contributed by atoms with Gasteiger partial charge in [-0.2, -0.15) is 0 Å². The summed E-state index contributed by atoms with van der Waals surface area (Å²) in [6, 6.07) is 1.69. The Balaban J connectivity index is 2.72. The van der Waals surface area contributed by atoms with Crippen LogP contribution in [-0.2, 0) is 4.79 Å². The number of hydrogen-bond acceptors (Lipinski definition) is 3. The molecule has 0 spiro atoms. The molecule has 0 saturated carbocycles. The van der Waals surface area contributed by atoms with Gasteiger partial charge in [-0.05, 0) is 18.6 Å². The monoisotopic (exact) mass is 213 g/mol. The van der Waals surface area contributed by atoms with Crippen LogP contribution in [-0.4, -0.2) is 17.4 Å². The number of halogens is 1. The van der Waals surface area contributed by atoms with E-state index in [2.05, 4.69) is 10.3 Å². The van der Waals surface area contributed by atoms with Gasteiger partial charge in [0.1, 0.15) is 5.15 Å². The molecule has 14 heavy (non-hydrogen) atoms. The molecule has 0 aliphatic heterocycles. The second kappa shape index (κ2) is 4.93. The molecule has 0 aliphatic rings. The van der Waals surface area contributed by atoms with Crippen LogP contribution in [0.25, 0.3) is 0 Å². The third-order valence-electron chi connectivity index (χ3n) is 1.72. The molecule has 1 aromatic heterocycles. The van der Waals surface area contributed by atoms with E-state index in [-0.39, 0.29) is 5.91 Å². The van der Waals surface area contributed by atoms with Crippen LogP contribution in [0.1, 0.15) is 12.0 Å². The van der Waals surface area contributed by atoms with Crippen LogP contribution in [0.4, 0.5) is 5.69 Å². The minimum atomic E-state index is -0.111. The van der Waals surface area contributed by atoms with Crippen molar-refractivity contribution in [1.82, 2.24) is 4.98 Å². The fourth-order valence-electron chi connectivity index (χ4n) is 0.996. The van der Waals surface area contributed by atoms with Gasteiger partial charge in [-0.1, -0.05) is 11.6 Å². The summed E-state index contributed by atoms with van der Waals surface area (Å²) in [5, 5.41) is 3.11. The molecule has 3 N–H and O–H groups in total. The molecule has 1 rings (SSSR count). The summed E-state index contributed by atoms with van der Waals surface area (Å²) in [6.45, 7) is 2.19. The highest BCUT2D eigenvalue weighted by molar-refractivity contribution is 6.29. The van der Waals surface area contributed by atoms with E-state index in [4.69, 9.17) is 17.3 Å². The van der Waals surface area contributed by atoms with Crippen molar-refractivity contribution in [1.29, 1.82) is 0 Å². The molecule has 0 atom stereocenters. The molecular formula is C9H12ClN3O. The predicted molar refractivity (Wildman–Crippen MR) is 56.3 cm³/mol. The van der Waals surface area contributed by atoms with Gasteiger partial charge in [0.05, 0.1) is 11.9 Å². The minimum Gasteiger partial charge on any atom is -0.330 e. The highest BCUT2D eigenvalue weighted by atomic mass is 35.5. The number of hydrogen-bond donors (Lipinski definition) is 2. The first kappa shape index (κ1) is 10.9. The Bertz CT molecular complexity index is 341. The Morgan fingerprint density at radius 3 is 3.00 bits per heavy atom. The lowest BCUT2D eigenvalue weighted by molar-refractivity contribution is -0.116. The molecule has 1 aromatic rings. The molecule has 0 aliphatic carbocycles. The van der Waals surface area contributed by atoms with Crippen molar-refractivity contribution in [3.63, 3.8) is 0 Å². The van der Waals surface area contributed by atoms with Crippen LogP contribution in [0, 0.1) is 6.92 Å². The molecule has 76 valence electrons. The average Bonchev–Trinajstić information content (AvgIpc) is 2.10. The van der Waals surface area contributed by atoms with Gasteiger partial charge < -0.3 is 11.1 Å². The number of anilines is 1. The van der Waals surface area contributed by atoms with Crippen LogP contribution in [0.2, 0.25) is 5.15 Å². The van der Waals surface area contributed by atoms with Crippen molar-refractivity contribution in [2.45, 2.75) is 13.3 Å². The quantitative estimate of drug-likeness (QED) is 0.745. The number of nitrogens with one attached hydrogen (secondary N) is 1. The van der Waals surface area contributed by atoms with E-state index in [9.17, 15) is 4.79 Å². The Labute approximate surface area is 87.5 Å². The van der Waals surface area contributed by atoms with Crippen molar-refractivity contribution in [3.8, 4) is 0 Å². The molecule has 1 amide bonds. The van der Waals surface area contributed by atoms with Crippen molar-refractivity contribution in [3.05, 3.63) is 23.0 Å². The molecule has 0 bridgehead atoms. The van der Waals surface area contributed by atoms with Gasteiger partial charge in [-0.15, -0.1) is 0 Å². The molecule has 4 nitrogen and oxygen atoms in total. The SMILES string of the molecule is Cc1cc(Cl)ncc1NC(=O)CCN. The summed E-state index contributed by atoms with van der Waals surface area (Å²) in [5.41, 5.74) is 6.81. The number of amides is 1. The summed E-state index contributed by atoms with van der Waals surface area (Å²) in [5.74, 6) is -0.111. The number of rotatable bonds is 3. The number of carbonyl (C=O) groups is 1. The number of carbonyl (C=O) groups excluding carboxylic acids is 1. The molecular weight excluding hydrogens is 202 g/mol. The third kappa shape index (κ3) is 2.97. The average molecular weight is 214 g/mol. The first-order valence-electron chi connectivity index (χ1n) is 4.25. The Morgan fingerprint density at radius 1 is 1.71 bits per heavy atom. The van der Waals surface area contributed by atoms with E-state index < -0.39 is 0 Å². The predicted octanol–water partition coefficient (Wildman–Crippen LogP) is 1.33. The number of aryl methyl sites for hydroxylation is 1. The maximum absolute atomic E-state index is 11.2. The first-order valence-corrected chi connectivity index (χ1v) is 4.63. The standard InChI is InChI=1S/C9H12ClN3O/c1-6-4-8(10)12-5-7(6)13-9(14)2-3-11/h4-5H,2-3,11H2,1H3,(H,13,14). The zero-order valence-electron chi connectivity index (χ0n) is 7.88. The zero-order chi connectivity index (χ0) is 10.6. The fraction of sp³-hybridized carbons (Fsp3) is 0.333. The minimum absolute atomic E-state index is 0.111. The van der Waals surface area contributed by atoms with Gasteiger partial charge in [0.15, 0.2) is 0 Å². The van der Waals surface area contributed by atoms with Crippen molar-refractivity contribution in [2.75, 3.05) is 11.9 Å². The Hall–Kier alpha value is -1.13. The topological polar surface area (TPSA) is 68.0 Å². The summed E-state index contributed by atoms with van der Waals surface area (Å²) in [6.07, 6.45) is 1.84. The smallest absolute Gasteiger partial charge is 0.225 e. The second-order valence-electron chi connectivity index (χ2n) is 2.91. The molecule has 0 unspecified atom stereocenters. The van der Waals surface area contributed by atoms with Crippen molar-refractivity contribution < 1.29 is 4.79 Å². The van der Waals surface area contributed by atoms with Gasteiger partial charge in [0.2, 0.25) is 5.91 Å². The summed E-state index contributed by atoms with van der Waals surface area (Å²) in [7, 11) is 0. The molecule has 0 fully saturated rings. The van der Waals surface area contributed by atoms with E-state index in [1.807, 2.05) is 6.92 Å². The molecule has 0 saturated heterocycles. The normalized spacial score (nSPS) is 9.93. The van der Waals surface area contributed by atoms with Crippen LogP contribution < -0.4 is 11.1 Å². The summed E-state index contributed by atoms with van der Waals surface area (Å²) in [4.78, 5) is 15.1. The van der Waals surface area contributed by atoms with E-state index in [0.717, 1.165) is 5.56 Å². The van der Waals surface area contributed by atoms with E-state index in [0.29, 0.717) is 23.8 Å². The van der Waals surface area contributed by atoms with Gasteiger partial charge in [-0.25, -0.2) is 4.98 Å². The first-order chi connectivity index (χ1) is 6.63. The second-order valence-corrected chi connectivity index (χ2v) is 3.30. The van der Waals surface area contributed by atoms with Gasteiger partial charge in [-0.3, -0.25) is 4.79 Å². The van der Waals surface area contributed by atoms with Crippen LogP contribution in [0.3, 0.4) is 0 Å². The van der Waals surface area contributed by atoms with E-state index in [1.165, 1.54) is 6.20 Å². The maximum Gasteiger partial charge on any atom is 0.225 e. The van der Waals surface area contributed by atoms with E-state index in [1.54, 1.807) is 6.07 Å². The summed E-state index contributed by atoms with van der Waals surface area (Å²) >= 11 is 5.67. The highest BCUT2D eigenvalue weighted by Crippen LogP contribution is 2.16. The lowest BCUT2D eigenvalue weighted by Gasteiger charge is -2.06. The highest BCUT2D eigenvalue weighted by Gasteiger charge is 2.04. The molecule has 0 radical (unpaired) electrons. The van der Waals surface area contributed by atoms with Crippen LogP contribution in [0.15, 0.2) is 12.3 Å². The van der Waals surface area contributed by atoms with Gasteiger partial charge >= 0.3 is 0 Å². The Morgan fingerprint density at radius 2 is 2.43 bits per heavy atom. The molecule has 1 heterocycles. The fourth-order valence-corrected chi connectivity index (χ4v) is 1.21. The Kier molecular flexibility index (Phi) is 3.85. The maximum atomic E-state index is 11.2. The lowest BCUT2D eigenvalue weighted by Crippen LogP contribution is -2.16. The zero-order valence-corrected chi connectivity index (χ0v) is 8.64. The number of aromatic nitrogens is 1. The third-order valence-corrected chi connectivity index (χ3v) is 1.93. The number of nitrogens with zero attached hydrogens (tertiary/aromatic N) is 1. The largest absolute Gasteiger partial charge is 0.330 e. The molecule has 5 heteroatoms. The number of pyridine rings is 1. The summed E-state index contributed by atoms with van der Waals surface area (Å²) < 4.78 is 0.